The first-order valence-corrected chi connectivity index (χ1v) is 5.74. The van der Waals surface area contributed by atoms with Gasteiger partial charge in [0.15, 0.2) is 11.5 Å². The Balaban J connectivity index is 2.27. The van der Waals surface area contributed by atoms with Crippen LogP contribution in [0.1, 0.15) is 10.5 Å². The Kier molecular flexibility index (Phi) is 3.78. The van der Waals surface area contributed by atoms with E-state index in [1.165, 1.54) is 37.5 Å². The molecule has 9 heteroatoms. The summed E-state index contributed by atoms with van der Waals surface area (Å²) in [5.41, 5.74) is -0.116. The lowest BCUT2D eigenvalue weighted by Gasteiger charge is -2.16. The molecule has 2 heterocycles. The number of nitrogens with one attached hydrogen (secondary N) is 1. The largest absolute Gasteiger partial charge is 0.476 e. The van der Waals surface area contributed by atoms with Crippen molar-refractivity contribution in [3.8, 4) is 0 Å². The number of aromatic nitrogens is 2. The third kappa shape index (κ3) is 2.51. The first-order valence-electron chi connectivity index (χ1n) is 5.74. The van der Waals surface area contributed by atoms with Crippen LogP contribution in [0.4, 0.5) is 10.6 Å². The molecule has 20 heavy (non-hydrogen) atoms. The molecule has 0 atom stereocenters. The van der Waals surface area contributed by atoms with Crippen LogP contribution in [-0.4, -0.2) is 47.0 Å². The van der Waals surface area contributed by atoms with E-state index in [9.17, 15) is 14.7 Å². The van der Waals surface area contributed by atoms with Gasteiger partial charge in [-0.15, -0.1) is 0 Å². The number of amides is 2. The molecule has 2 N–H and O–H groups in total. The molecular formula is C11H14N4O5. The van der Waals surface area contributed by atoms with Gasteiger partial charge in [0.25, 0.3) is 6.29 Å². The summed E-state index contributed by atoms with van der Waals surface area (Å²) in [7, 11) is 2.88. The SMILES string of the molecule is CNC(=O)N(C)c1ncn(CC2OC=CO2)c1C(=O)O. The van der Waals surface area contributed by atoms with Crippen molar-refractivity contribution in [3.63, 3.8) is 0 Å². The average Bonchev–Trinajstić information content (AvgIpc) is 3.06. The highest BCUT2D eigenvalue weighted by atomic mass is 16.7. The van der Waals surface area contributed by atoms with Gasteiger partial charge in [-0.25, -0.2) is 14.6 Å². The van der Waals surface area contributed by atoms with Crippen molar-refractivity contribution >= 4 is 17.8 Å². The van der Waals surface area contributed by atoms with E-state index in [2.05, 4.69) is 10.3 Å². The number of carbonyl (C=O) groups is 2. The molecule has 0 unspecified atom stereocenters. The summed E-state index contributed by atoms with van der Waals surface area (Å²) < 4.78 is 11.5. The molecule has 0 aromatic carbocycles. The Morgan fingerprint density at radius 3 is 2.70 bits per heavy atom. The molecule has 1 aliphatic heterocycles. The molecule has 0 fully saturated rings. The van der Waals surface area contributed by atoms with E-state index in [4.69, 9.17) is 9.47 Å². The lowest BCUT2D eigenvalue weighted by molar-refractivity contribution is -0.0346. The maximum atomic E-state index is 11.6. The number of anilines is 1. The minimum atomic E-state index is -1.20. The summed E-state index contributed by atoms with van der Waals surface area (Å²) in [6.07, 6.45) is 3.46. The molecule has 108 valence electrons. The lowest BCUT2D eigenvalue weighted by atomic mass is 10.4. The first kappa shape index (κ1) is 13.7. The van der Waals surface area contributed by atoms with E-state index < -0.39 is 18.3 Å². The van der Waals surface area contributed by atoms with Crippen molar-refractivity contribution in [3.05, 3.63) is 24.5 Å². The van der Waals surface area contributed by atoms with Gasteiger partial charge in [0.05, 0.1) is 12.9 Å². The number of ether oxygens (including phenoxy) is 2. The summed E-state index contributed by atoms with van der Waals surface area (Å²) in [6.45, 7) is 0.142. The number of nitrogens with zero attached hydrogens (tertiary/aromatic N) is 3. The fourth-order valence-electron chi connectivity index (χ4n) is 1.76. The second kappa shape index (κ2) is 5.51. The molecule has 9 nitrogen and oxygen atoms in total. The van der Waals surface area contributed by atoms with Crippen molar-refractivity contribution in [2.45, 2.75) is 12.8 Å². The van der Waals surface area contributed by atoms with Crippen LogP contribution in [0.3, 0.4) is 0 Å². The van der Waals surface area contributed by atoms with Gasteiger partial charge in [-0.2, -0.15) is 0 Å². The number of imidazole rings is 1. The van der Waals surface area contributed by atoms with Crippen LogP contribution < -0.4 is 10.2 Å². The van der Waals surface area contributed by atoms with Crippen molar-refractivity contribution in [2.24, 2.45) is 0 Å². The number of hydrogen-bond acceptors (Lipinski definition) is 5. The minimum Gasteiger partial charge on any atom is -0.476 e. The summed E-state index contributed by atoms with van der Waals surface area (Å²) in [4.78, 5) is 28.0. The van der Waals surface area contributed by atoms with Crippen LogP contribution in [0, 0.1) is 0 Å². The number of urea groups is 1. The monoisotopic (exact) mass is 282 g/mol. The van der Waals surface area contributed by atoms with Crippen molar-refractivity contribution in [1.82, 2.24) is 14.9 Å². The van der Waals surface area contributed by atoms with E-state index in [1.807, 2.05) is 0 Å². The van der Waals surface area contributed by atoms with Gasteiger partial charge in [-0.05, 0) is 0 Å². The smallest absolute Gasteiger partial charge is 0.356 e. The normalized spacial score (nSPS) is 13.7. The zero-order valence-electron chi connectivity index (χ0n) is 10.9. The number of carbonyl (C=O) groups excluding carboxylic acids is 1. The van der Waals surface area contributed by atoms with E-state index in [-0.39, 0.29) is 18.1 Å². The van der Waals surface area contributed by atoms with Crippen LogP contribution in [0.25, 0.3) is 0 Å². The maximum absolute atomic E-state index is 11.6. The molecule has 2 amide bonds. The van der Waals surface area contributed by atoms with E-state index >= 15 is 0 Å². The standard InChI is InChI=1S/C11H14N4O5/c1-12-11(18)14(2)9-8(10(16)17)15(6-13-9)5-7-19-3-4-20-7/h3-4,6-7H,5H2,1-2H3,(H,12,18)(H,16,17). The van der Waals surface area contributed by atoms with Gasteiger partial charge in [-0.1, -0.05) is 0 Å². The average molecular weight is 282 g/mol. The van der Waals surface area contributed by atoms with Crippen molar-refractivity contribution in [1.29, 1.82) is 0 Å². The predicted molar refractivity (Wildman–Crippen MR) is 67.1 cm³/mol. The Hall–Kier alpha value is -2.71. The van der Waals surface area contributed by atoms with E-state index in [1.54, 1.807) is 0 Å². The number of rotatable bonds is 4. The molecule has 1 aromatic rings. The van der Waals surface area contributed by atoms with Gasteiger partial charge in [-0.3, -0.25) is 4.90 Å². The Bertz CT molecular complexity index is 545. The molecule has 2 rings (SSSR count). The Morgan fingerprint density at radius 1 is 1.50 bits per heavy atom. The Labute approximate surface area is 114 Å². The van der Waals surface area contributed by atoms with Crippen LogP contribution >= 0.6 is 0 Å². The van der Waals surface area contributed by atoms with Crippen LogP contribution in [0.15, 0.2) is 18.9 Å². The third-order valence-corrected chi connectivity index (χ3v) is 2.72. The summed E-state index contributed by atoms with van der Waals surface area (Å²) >= 11 is 0. The fraction of sp³-hybridized carbons (Fsp3) is 0.364. The zero-order chi connectivity index (χ0) is 14.7. The van der Waals surface area contributed by atoms with Crippen molar-refractivity contribution in [2.75, 3.05) is 19.0 Å². The van der Waals surface area contributed by atoms with Crippen LogP contribution in [0.2, 0.25) is 0 Å². The van der Waals surface area contributed by atoms with Gasteiger partial charge < -0.3 is 24.5 Å². The van der Waals surface area contributed by atoms with Gasteiger partial charge >= 0.3 is 12.0 Å². The molecule has 0 spiro atoms. The maximum Gasteiger partial charge on any atom is 0.356 e. The molecule has 0 bridgehead atoms. The molecule has 1 aliphatic rings. The highest BCUT2D eigenvalue weighted by molar-refractivity contribution is 5.98. The van der Waals surface area contributed by atoms with E-state index in [0.717, 1.165) is 4.90 Å². The second-order valence-electron chi connectivity index (χ2n) is 3.96. The number of aromatic carboxylic acids is 1. The minimum absolute atomic E-state index is 0.0443. The van der Waals surface area contributed by atoms with Crippen LogP contribution in [-0.2, 0) is 16.0 Å². The predicted octanol–water partition coefficient (Wildman–Crippen LogP) is 0.201. The second-order valence-corrected chi connectivity index (χ2v) is 3.96. The molecule has 0 saturated heterocycles. The van der Waals surface area contributed by atoms with E-state index in [0.29, 0.717) is 0 Å². The Morgan fingerprint density at radius 2 is 2.15 bits per heavy atom. The molecule has 0 saturated carbocycles. The lowest BCUT2D eigenvalue weighted by Crippen LogP contribution is -2.36. The summed E-state index contributed by atoms with van der Waals surface area (Å²) in [5.74, 6) is -1.15. The van der Waals surface area contributed by atoms with Gasteiger partial charge in [0.1, 0.15) is 12.5 Å². The molecule has 1 aromatic heterocycles. The number of carboxylic acids is 1. The first-order chi connectivity index (χ1) is 9.54. The highest BCUT2D eigenvalue weighted by Gasteiger charge is 2.26. The summed E-state index contributed by atoms with van der Waals surface area (Å²) in [5, 5.41) is 11.7. The number of hydrogen-bond donors (Lipinski definition) is 2. The van der Waals surface area contributed by atoms with Gasteiger partial charge in [0, 0.05) is 14.1 Å². The molecule has 0 aliphatic carbocycles. The summed E-state index contributed by atoms with van der Waals surface area (Å²) in [6, 6.07) is -0.465. The number of carboxylic acid groups (broad SMARTS) is 1. The highest BCUT2D eigenvalue weighted by Crippen LogP contribution is 2.19. The van der Waals surface area contributed by atoms with Crippen LogP contribution in [0.5, 0.6) is 0 Å². The van der Waals surface area contributed by atoms with Gasteiger partial charge in [0.2, 0.25) is 0 Å². The quantitative estimate of drug-likeness (QED) is 0.817. The topological polar surface area (TPSA) is 106 Å². The fourth-order valence-corrected chi connectivity index (χ4v) is 1.76. The van der Waals surface area contributed by atoms with Crippen molar-refractivity contribution < 1.29 is 24.2 Å². The third-order valence-electron chi connectivity index (χ3n) is 2.72. The zero-order valence-corrected chi connectivity index (χ0v) is 10.9. The molecular weight excluding hydrogens is 268 g/mol. The molecule has 0 radical (unpaired) electrons.